The number of nitrogens with zero attached hydrogens (tertiary/aromatic N) is 1. The van der Waals surface area contributed by atoms with E-state index in [2.05, 4.69) is 86.8 Å². The van der Waals surface area contributed by atoms with E-state index in [-0.39, 0.29) is 32.2 Å². The molecule has 0 aromatic rings. The van der Waals surface area contributed by atoms with Crippen LogP contribution < -0.4 is 5.11 Å². The second kappa shape index (κ2) is 62.8. The number of carbonyl (C=O) groups excluding carboxylic acids is 3. The maximum Gasteiger partial charge on any atom is 0.306 e. The number of esters is 2. The number of carboxylic acid groups (broad SMARTS) is 1. The molecule has 0 radical (unpaired) electrons. The lowest BCUT2D eigenvalue weighted by atomic mass is 10.0. The van der Waals surface area contributed by atoms with Crippen molar-refractivity contribution in [1.82, 2.24) is 0 Å². The number of quaternary nitrogens is 1. The largest absolute Gasteiger partial charge is 0.545 e. The Morgan fingerprint density at radius 2 is 0.704 bits per heavy atom. The van der Waals surface area contributed by atoms with Crippen LogP contribution in [0.5, 0.6) is 0 Å². The van der Waals surface area contributed by atoms with Crippen LogP contribution in [0.15, 0.2) is 72.9 Å². The number of carbonyl (C=O) groups is 3. The molecule has 0 aliphatic heterocycles. The standard InChI is InChI=1S/C72H129NO8/c1-6-8-10-12-14-16-18-20-22-24-26-28-30-32-33-34-35-36-37-39-40-42-44-46-48-50-52-54-56-58-60-62-69(74)79-66-68(67-80-72(71(76)77)78-65-64-73(3,4)5)81-70(75)63-61-59-57-55-53-51-49-47-45-43-41-38-31-29-27-25-23-21-19-17-15-13-11-9-7-2/h9,11,15,17-18,20-21,23-24,26-27,29,68,72H,6-8,10,12-14,16,19,22,25,28,30-67H2,1-5H3/b11-9-,17-15-,20-18-,23-21-,26-24-,29-27-. The van der Waals surface area contributed by atoms with Gasteiger partial charge in [-0.05, 0) is 83.5 Å². The number of unbranched alkanes of at least 4 members (excludes halogenated alkanes) is 36. The van der Waals surface area contributed by atoms with Crippen molar-refractivity contribution in [2.24, 2.45) is 0 Å². The Labute approximate surface area is 500 Å². The summed E-state index contributed by atoms with van der Waals surface area (Å²) < 4.78 is 22.8. The third-order valence-electron chi connectivity index (χ3n) is 14.9. The molecule has 0 heterocycles. The number of hydrogen-bond donors (Lipinski definition) is 0. The molecular weight excluding hydrogens is 1010 g/mol. The fourth-order valence-electron chi connectivity index (χ4n) is 9.74. The van der Waals surface area contributed by atoms with Gasteiger partial charge in [-0.2, -0.15) is 0 Å². The zero-order chi connectivity index (χ0) is 59.1. The topological polar surface area (TPSA) is 111 Å². The minimum atomic E-state index is -1.62. The lowest BCUT2D eigenvalue weighted by Crippen LogP contribution is -2.44. The highest BCUT2D eigenvalue weighted by Crippen LogP contribution is 2.18. The molecular formula is C72H129NO8. The van der Waals surface area contributed by atoms with Crippen LogP contribution in [0, 0.1) is 0 Å². The maximum absolute atomic E-state index is 12.9. The van der Waals surface area contributed by atoms with Crippen LogP contribution >= 0.6 is 0 Å². The van der Waals surface area contributed by atoms with Crippen molar-refractivity contribution in [2.45, 2.75) is 322 Å². The fraction of sp³-hybridized carbons (Fsp3) is 0.792. The molecule has 81 heavy (non-hydrogen) atoms. The van der Waals surface area contributed by atoms with Gasteiger partial charge >= 0.3 is 11.9 Å². The van der Waals surface area contributed by atoms with Crippen molar-refractivity contribution in [3.05, 3.63) is 72.9 Å². The molecule has 0 saturated carbocycles. The number of likely N-dealkylation sites (N-methyl/N-ethyl adjacent to an activating group) is 1. The minimum absolute atomic E-state index is 0.146. The third kappa shape index (κ3) is 64.1. The molecule has 2 unspecified atom stereocenters. The smallest absolute Gasteiger partial charge is 0.306 e. The molecule has 0 spiro atoms. The van der Waals surface area contributed by atoms with Gasteiger partial charge in [-0.15, -0.1) is 0 Å². The van der Waals surface area contributed by atoms with Gasteiger partial charge in [0.2, 0.25) is 0 Å². The first-order chi connectivity index (χ1) is 39.6. The molecule has 9 heteroatoms. The quantitative estimate of drug-likeness (QED) is 0.0195. The van der Waals surface area contributed by atoms with Gasteiger partial charge in [-0.25, -0.2) is 0 Å². The molecule has 9 nitrogen and oxygen atoms in total. The van der Waals surface area contributed by atoms with Crippen molar-refractivity contribution >= 4 is 17.9 Å². The highest BCUT2D eigenvalue weighted by molar-refractivity contribution is 5.70. The molecule has 470 valence electrons. The van der Waals surface area contributed by atoms with E-state index in [1.165, 1.54) is 205 Å². The van der Waals surface area contributed by atoms with Crippen LogP contribution in [0.3, 0.4) is 0 Å². The van der Waals surface area contributed by atoms with Crippen molar-refractivity contribution in [3.8, 4) is 0 Å². The number of aliphatic carboxylic acids is 1. The van der Waals surface area contributed by atoms with Crippen molar-refractivity contribution < 1.29 is 42.9 Å². The summed E-state index contributed by atoms with van der Waals surface area (Å²) >= 11 is 0. The fourth-order valence-corrected chi connectivity index (χ4v) is 9.74. The van der Waals surface area contributed by atoms with Crippen molar-refractivity contribution in [3.63, 3.8) is 0 Å². The second-order valence-electron chi connectivity index (χ2n) is 24.1. The Bertz CT molecular complexity index is 1560. The van der Waals surface area contributed by atoms with E-state index in [1.54, 1.807) is 0 Å². The summed E-state index contributed by atoms with van der Waals surface area (Å²) in [6.07, 6.45) is 79.8. The van der Waals surface area contributed by atoms with Crippen LogP contribution in [0.4, 0.5) is 0 Å². The first kappa shape index (κ1) is 77.7. The van der Waals surface area contributed by atoms with Gasteiger partial charge < -0.3 is 33.3 Å². The summed E-state index contributed by atoms with van der Waals surface area (Å²) in [4.78, 5) is 37.5. The summed E-state index contributed by atoms with van der Waals surface area (Å²) in [6.45, 7) is 4.66. The Hall–Kier alpha value is -3.27. The van der Waals surface area contributed by atoms with E-state index in [0.717, 1.165) is 70.6 Å². The molecule has 0 amide bonds. The molecule has 0 bridgehead atoms. The van der Waals surface area contributed by atoms with E-state index < -0.39 is 24.3 Å². The third-order valence-corrected chi connectivity index (χ3v) is 14.9. The number of rotatable bonds is 63. The molecule has 0 N–H and O–H groups in total. The molecule has 0 rings (SSSR count). The van der Waals surface area contributed by atoms with Crippen molar-refractivity contribution in [1.29, 1.82) is 0 Å². The first-order valence-electron chi connectivity index (χ1n) is 34.1. The highest BCUT2D eigenvalue weighted by Gasteiger charge is 2.22. The van der Waals surface area contributed by atoms with Crippen LogP contribution in [-0.2, 0) is 33.3 Å². The minimum Gasteiger partial charge on any atom is -0.545 e. The molecule has 0 aliphatic rings. The maximum atomic E-state index is 12.9. The highest BCUT2D eigenvalue weighted by atomic mass is 16.7. The lowest BCUT2D eigenvalue weighted by Gasteiger charge is -2.26. The zero-order valence-electron chi connectivity index (χ0n) is 53.7. The zero-order valence-corrected chi connectivity index (χ0v) is 53.7. The molecule has 0 fully saturated rings. The Morgan fingerprint density at radius 1 is 0.383 bits per heavy atom. The Balaban J connectivity index is 4.10. The monoisotopic (exact) mass is 1140 g/mol. The predicted octanol–water partition coefficient (Wildman–Crippen LogP) is 19.6. The molecule has 2 atom stereocenters. The SMILES string of the molecule is CC/C=C\C/C=C\C/C=C\C/C=C\CCCCCCCCCCCCCCC(=O)OC(COC(=O)CCCCCCCCCCCCCCCCCCCCC/C=C\C/C=C\CCCCCCC)COC(OCC[N+](C)(C)C)C(=O)[O-]. The Morgan fingerprint density at radius 3 is 1.05 bits per heavy atom. The van der Waals surface area contributed by atoms with Gasteiger partial charge in [0.1, 0.15) is 13.2 Å². The number of allylic oxidation sites excluding steroid dienone is 12. The van der Waals surface area contributed by atoms with Crippen LogP contribution in [0.2, 0.25) is 0 Å². The van der Waals surface area contributed by atoms with E-state index in [9.17, 15) is 19.5 Å². The van der Waals surface area contributed by atoms with Crippen LogP contribution in [0.1, 0.15) is 309 Å². The molecule has 0 aromatic carbocycles. The summed E-state index contributed by atoms with van der Waals surface area (Å²) in [7, 11) is 5.93. The molecule has 0 saturated heterocycles. The van der Waals surface area contributed by atoms with E-state index >= 15 is 0 Å². The van der Waals surface area contributed by atoms with Gasteiger partial charge in [0.05, 0.1) is 40.3 Å². The number of ether oxygens (including phenoxy) is 4. The van der Waals surface area contributed by atoms with E-state index in [4.69, 9.17) is 18.9 Å². The number of hydrogen-bond acceptors (Lipinski definition) is 8. The van der Waals surface area contributed by atoms with Crippen LogP contribution in [0.25, 0.3) is 0 Å². The van der Waals surface area contributed by atoms with Gasteiger partial charge in [0.25, 0.3) is 0 Å². The van der Waals surface area contributed by atoms with Crippen LogP contribution in [-0.4, -0.2) is 82.3 Å². The van der Waals surface area contributed by atoms with Gasteiger partial charge in [0.15, 0.2) is 12.4 Å². The summed E-state index contributed by atoms with van der Waals surface area (Å²) in [5.41, 5.74) is 0. The summed E-state index contributed by atoms with van der Waals surface area (Å²) in [5, 5.41) is 11.8. The normalized spacial score (nSPS) is 13.1. The summed E-state index contributed by atoms with van der Waals surface area (Å²) in [5.74, 6) is -2.27. The van der Waals surface area contributed by atoms with E-state index in [0.29, 0.717) is 23.9 Å². The predicted molar refractivity (Wildman–Crippen MR) is 343 cm³/mol. The second-order valence-corrected chi connectivity index (χ2v) is 24.1. The lowest BCUT2D eigenvalue weighted by molar-refractivity contribution is -0.870. The molecule has 0 aromatic heterocycles. The first-order valence-corrected chi connectivity index (χ1v) is 34.1. The van der Waals surface area contributed by atoms with E-state index in [1.807, 2.05) is 21.1 Å². The van der Waals surface area contributed by atoms with Gasteiger partial charge in [0, 0.05) is 12.8 Å². The van der Waals surface area contributed by atoms with Crippen molar-refractivity contribution in [2.75, 3.05) is 47.5 Å². The Kier molecular flexibility index (Phi) is 60.2. The number of carboxylic acids is 1. The average molecular weight is 1140 g/mol. The van der Waals surface area contributed by atoms with Gasteiger partial charge in [-0.1, -0.05) is 286 Å². The average Bonchev–Trinajstić information content (AvgIpc) is 3.44. The molecule has 0 aliphatic carbocycles. The summed E-state index contributed by atoms with van der Waals surface area (Å²) in [6, 6.07) is 0. The van der Waals surface area contributed by atoms with Gasteiger partial charge in [-0.3, -0.25) is 9.59 Å².